The Morgan fingerprint density at radius 1 is 1.53 bits per heavy atom. The molecule has 0 radical (unpaired) electrons. The summed E-state index contributed by atoms with van der Waals surface area (Å²) in [6.07, 6.45) is 3.39. The van der Waals surface area contributed by atoms with Gasteiger partial charge in [0.2, 0.25) is 0 Å². The lowest BCUT2D eigenvalue weighted by Crippen LogP contribution is -2.25. The van der Waals surface area contributed by atoms with E-state index in [1.807, 2.05) is 6.07 Å². The van der Waals surface area contributed by atoms with Gasteiger partial charge in [-0.25, -0.2) is 8.42 Å². The molecule has 0 fully saturated rings. The molecule has 0 aliphatic heterocycles. The van der Waals surface area contributed by atoms with Gasteiger partial charge in [-0.15, -0.1) is 11.3 Å². The molecule has 0 atom stereocenters. The van der Waals surface area contributed by atoms with Gasteiger partial charge in [0.15, 0.2) is 0 Å². The van der Waals surface area contributed by atoms with Crippen LogP contribution < -0.4 is 0 Å². The molecule has 2 rings (SSSR count). The summed E-state index contributed by atoms with van der Waals surface area (Å²) in [7, 11) is -0.271. The molecule has 0 aliphatic carbocycles. The Morgan fingerprint density at radius 3 is 2.79 bits per heavy atom. The van der Waals surface area contributed by atoms with Crippen molar-refractivity contribution in [3.05, 3.63) is 35.0 Å². The van der Waals surface area contributed by atoms with Crippen molar-refractivity contribution in [3.8, 4) is 6.07 Å². The Labute approximate surface area is 115 Å². The van der Waals surface area contributed by atoms with Crippen LogP contribution in [0.3, 0.4) is 0 Å². The number of nitrogens with zero attached hydrogens (tertiary/aromatic N) is 4. The van der Waals surface area contributed by atoms with Crippen LogP contribution in [0.2, 0.25) is 0 Å². The second-order valence-corrected chi connectivity index (χ2v) is 7.37. The van der Waals surface area contributed by atoms with E-state index in [0.29, 0.717) is 4.88 Å². The number of aryl methyl sites for hydroxylation is 1. The Bertz CT molecular complexity index is 724. The topological polar surface area (TPSA) is 79.0 Å². The molecule has 100 valence electrons. The van der Waals surface area contributed by atoms with Gasteiger partial charge in [-0.1, -0.05) is 0 Å². The Morgan fingerprint density at radius 2 is 2.26 bits per heavy atom. The van der Waals surface area contributed by atoms with Gasteiger partial charge in [0.05, 0.1) is 6.20 Å². The van der Waals surface area contributed by atoms with E-state index in [4.69, 9.17) is 5.26 Å². The predicted molar refractivity (Wildman–Crippen MR) is 70.9 cm³/mol. The van der Waals surface area contributed by atoms with Crippen molar-refractivity contribution in [2.75, 3.05) is 7.05 Å². The van der Waals surface area contributed by atoms with Gasteiger partial charge in [-0.05, 0) is 12.1 Å². The van der Waals surface area contributed by atoms with Crippen LogP contribution in [0.4, 0.5) is 0 Å². The molecule has 19 heavy (non-hydrogen) atoms. The van der Waals surface area contributed by atoms with Crippen LogP contribution in [0, 0.1) is 11.3 Å². The summed E-state index contributed by atoms with van der Waals surface area (Å²) in [6, 6.07) is 4.90. The van der Waals surface area contributed by atoms with Crippen LogP contribution in [0.15, 0.2) is 28.7 Å². The summed E-state index contributed by atoms with van der Waals surface area (Å²) in [5.41, 5.74) is 0.811. The molecular weight excluding hydrogens is 284 g/mol. The maximum Gasteiger partial charge on any atom is 0.252 e. The van der Waals surface area contributed by atoms with Crippen LogP contribution >= 0.6 is 11.3 Å². The van der Waals surface area contributed by atoms with Crippen LogP contribution in [-0.2, 0) is 23.6 Å². The van der Waals surface area contributed by atoms with E-state index in [0.717, 1.165) is 16.9 Å². The predicted octanol–water partition coefficient (Wildman–Crippen LogP) is 1.17. The summed E-state index contributed by atoms with van der Waals surface area (Å²) in [4.78, 5) is 0.383. The fourth-order valence-electron chi connectivity index (χ4n) is 1.57. The van der Waals surface area contributed by atoms with E-state index in [2.05, 4.69) is 5.10 Å². The monoisotopic (exact) mass is 296 g/mol. The molecule has 0 unspecified atom stereocenters. The van der Waals surface area contributed by atoms with Crippen molar-refractivity contribution in [1.29, 1.82) is 5.26 Å². The molecule has 0 aliphatic rings. The number of hydrogen-bond acceptors (Lipinski definition) is 5. The molecule has 0 bridgehead atoms. The van der Waals surface area contributed by atoms with Gasteiger partial charge in [-0.2, -0.15) is 14.7 Å². The number of thiophene rings is 1. The number of hydrogen-bond donors (Lipinski definition) is 0. The molecule has 0 saturated heterocycles. The molecule has 0 N–H and O–H groups in total. The van der Waals surface area contributed by atoms with Gasteiger partial charge >= 0.3 is 0 Å². The van der Waals surface area contributed by atoms with Gasteiger partial charge < -0.3 is 0 Å². The highest BCUT2D eigenvalue weighted by atomic mass is 32.2. The summed E-state index contributed by atoms with van der Waals surface area (Å²) in [6.45, 7) is 0.246. The fourth-order valence-corrected chi connectivity index (χ4v) is 4.04. The number of sulfonamides is 1. The van der Waals surface area contributed by atoms with Crippen LogP contribution in [0.25, 0.3) is 0 Å². The number of rotatable bonds is 4. The average Bonchev–Trinajstić information content (AvgIpc) is 2.98. The van der Waals surface area contributed by atoms with Crippen LogP contribution in [0.5, 0.6) is 0 Å². The maximum absolute atomic E-state index is 12.3. The zero-order chi connectivity index (χ0) is 14.0. The van der Waals surface area contributed by atoms with Crippen molar-refractivity contribution in [1.82, 2.24) is 14.1 Å². The summed E-state index contributed by atoms with van der Waals surface area (Å²) in [5.74, 6) is 0. The van der Waals surface area contributed by atoms with Gasteiger partial charge in [-0.3, -0.25) is 4.68 Å². The van der Waals surface area contributed by atoms with E-state index in [9.17, 15) is 8.42 Å². The standard InChI is InChI=1S/C11H12N4O2S2/c1-14-7-9(6-13-14)8-15(2)19(16,17)11-4-3-10(5-12)18-11/h3-4,6-7H,8H2,1-2H3. The minimum absolute atomic E-state index is 0.176. The van der Waals surface area contributed by atoms with Crippen molar-refractivity contribution in [2.45, 2.75) is 10.8 Å². The van der Waals surface area contributed by atoms with Crippen molar-refractivity contribution >= 4 is 21.4 Å². The van der Waals surface area contributed by atoms with Crippen molar-refractivity contribution in [2.24, 2.45) is 7.05 Å². The number of aromatic nitrogens is 2. The van der Waals surface area contributed by atoms with Crippen LogP contribution in [0.1, 0.15) is 10.4 Å². The fraction of sp³-hybridized carbons (Fsp3) is 0.273. The first-order chi connectivity index (χ1) is 8.93. The third kappa shape index (κ3) is 2.84. The molecule has 2 aromatic heterocycles. The van der Waals surface area contributed by atoms with Crippen LogP contribution in [-0.4, -0.2) is 29.6 Å². The molecule has 0 amide bonds. The first-order valence-electron chi connectivity index (χ1n) is 5.37. The Balaban J connectivity index is 2.22. The second kappa shape index (κ2) is 5.13. The lowest BCUT2D eigenvalue weighted by Gasteiger charge is -2.14. The van der Waals surface area contributed by atoms with E-state index in [-0.39, 0.29) is 10.8 Å². The van der Waals surface area contributed by atoms with E-state index < -0.39 is 10.0 Å². The third-order valence-electron chi connectivity index (χ3n) is 2.52. The SMILES string of the molecule is CN(Cc1cnn(C)c1)S(=O)(=O)c1ccc(C#N)s1. The lowest BCUT2D eigenvalue weighted by molar-refractivity contribution is 0.468. The van der Waals surface area contributed by atoms with Gasteiger partial charge in [0.1, 0.15) is 15.2 Å². The number of nitriles is 1. The first kappa shape index (κ1) is 13.7. The minimum atomic E-state index is -3.55. The third-order valence-corrected chi connectivity index (χ3v) is 5.78. The quantitative estimate of drug-likeness (QED) is 0.848. The molecular formula is C11H12N4O2S2. The highest BCUT2D eigenvalue weighted by molar-refractivity contribution is 7.91. The summed E-state index contributed by atoms with van der Waals surface area (Å²) >= 11 is 0.972. The van der Waals surface area contributed by atoms with E-state index in [1.165, 1.54) is 23.5 Å². The molecule has 2 heterocycles. The normalized spacial score (nSPS) is 11.7. The molecule has 0 saturated carbocycles. The van der Waals surface area contributed by atoms with Gasteiger partial charge in [0.25, 0.3) is 10.0 Å². The molecule has 8 heteroatoms. The summed E-state index contributed by atoms with van der Waals surface area (Å²) < 4.78 is 27.6. The zero-order valence-corrected chi connectivity index (χ0v) is 12.1. The summed E-state index contributed by atoms with van der Waals surface area (Å²) in [5, 5.41) is 12.7. The van der Waals surface area contributed by atoms with Crippen molar-refractivity contribution < 1.29 is 8.42 Å². The van der Waals surface area contributed by atoms with Gasteiger partial charge in [0, 0.05) is 32.4 Å². The zero-order valence-electron chi connectivity index (χ0n) is 10.4. The first-order valence-corrected chi connectivity index (χ1v) is 7.63. The van der Waals surface area contributed by atoms with Crippen molar-refractivity contribution in [3.63, 3.8) is 0 Å². The van der Waals surface area contributed by atoms with E-state index >= 15 is 0 Å². The Hall–Kier alpha value is -1.69. The largest absolute Gasteiger partial charge is 0.275 e. The average molecular weight is 296 g/mol. The smallest absolute Gasteiger partial charge is 0.252 e. The highest BCUT2D eigenvalue weighted by Gasteiger charge is 2.23. The molecule has 0 aromatic carbocycles. The maximum atomic E-state index is 12.3. The minimum Gasteiger partial charge on any atom is -0.275 e. The molecule has 6 nitrogen and oxygen atoms in total. The lowest BCUT2D eigenvalue weighted by atomic mass is 10.4. The Kier molecular flexibility index (Phi) is 3.71. The molecule has 0 spiro atoms. The highest BCUT2D eigenvalue weighted by Crippen LogP contribution is 2.24. The molecule has 2 aromatic rings. The second-order valence-electron chi connectivity index (χ2n) is 4.01. The van der Waals surface area contributed by atoms with E-state index in [1.54, 1.807) is 24.1 Å².